The molecule has 0 unspecified atom stereocenters. The fourth-order valence-electron chi connectivity index (χ4n) is 1.25. The first-order chi connectivity index (χ1) is 8.58. The van der Waals surface area contributed by atoms with Crippen LogP contribution in [0.25, 0.3) is 0 Å². The van der Waals surface area contributed by atoms with Gasteiger partial charge >= 0.3 is 12.5 Å². The monoisotopic (exact) mass is 351 g/mol. The van der Waals surface area contributed by atoms with Crippen LogP contribution in [0.15, 0.2) is 6.07 Å². The molecule has 0 aliphatic rings. The molecule has 10 heteroatoms. The van der Waals surface area contributed by atoms with Gasteiger partial charge in [0.05, 0.1) is 0 Å². The molecule has 0 spiro atoms. The molecule has 1 aromatic rings. The van der Waals surface area contributed by atoms with E-state index >= 15 is 0 Å². The van der Waals surface area contributed by atoms with Crippen LogP contribution in [0.5, 0.6) is 5.88 Å². The molecule has 0 aromatic carbocycles. The highest BCUT2D eigenvalue weighted by Crippen LogP contribution is 2.40. The van der Waals surface area contributed by atoms with Crippen molar-refractivity contribution in [2.75, 3.05) is 0 Å². The summed E-state index contributed by atoms with van der Waals surface area (Å²) in [6.45, 7) is 0. The predicted octanol–water partition coefficient (Wildman–Crippen LogP) is 3.71. The van der Waals surface area contributed by atoms with Crippen molar-refractivity contribution in [3.63, 3.8) is 0 Å². The van der Waals surface area contributed by atoms with Gasteiger partial charge in [0.2, 0.25) is 5.88 Å². The van der Waals surface area contributed by atoms with Crippen molar-refractivity contribution < 1.29 is 35.9 Å². The SMILES string of the molecule is O=Cc1cc(CBr)c(C(F)(F)F)c(OC(F)(F)F)n1. The number of carbonyl (C=O) groups is 1. The van der Waals surface area contributed by atoms with Crippen molar-refractivity contribution in [3.05, 3.63) is 22.9 Å². The molecule has 0 fully saturated rings. The third-order valence-corrected chi connectivity index (χ3v) is 2.45. The quantitative estimate of drug-likeness (QED) is 0.473. The maximum absolute atomic E-state index is 12.7. The van der Waals surface area contributed by atoms with Crippen LogP contribution < -0.4 is 4.74 Å². The molecule has 0 amide bonds. The molecule has 0 atom stereocenters. The lowest BCUT2D eigenvalue weighted by atomic mass is 10.1. The largest absolute Gasteiger partial charge is 0.574 e. The van der Waals surface area contributed by atoms with E-state index in [9.17, 15) is 31.1 Å². The van der Waals surface area contributed by atoms with E-state index in [1.807, 2.05) is 0 Å². The van der Waals surface area contributed by atoms with E-state index in [0.29, 0.717) is 0 Å². The Morgan fingerprint density at radius 2 is 1.84 bits per heavy atom. The number of aromatic nitrogens is 1. The molecular weight excluding hydrogens is 348 g/mol. The standard InChI is InChI=1S/C9H4BrF6NO2/c10-2-4-1-5(3-18)17-7(19-9(14,15)16)6(4)8(11,12)13/h1,3H,2H2. The summed E-state index contributed by atoms with van der Waals surface area (Å²) >= 11 is 2.70. The summed E-state index contributed by atoms with van der Waals surface area (Å²) < 4.78 is 77.5. The van der Waals surface area contributed by atoms with Gasteiger partial charge in [-0.1, -0.05) is 15.9 Å². The summed E-state index contributed by atoms with van der Waals surface area (Å²) in [5, 5.41) is -0.417. The van der Waals surface area contributed by atoms with Crippen LogP contribution in [-0.2, 0) is 11.5 Å². The second-order valence-electron chi connectivity index (χ2n) is 3.18. The van der Waals surface area contributed by atoms with E-state index in [0.717, 1.165) is 6.07 Å². The van der Waals surface area contributed by atoms with E-state index in [1.54, 1.807) is 0 Å². The van der Waals surface area contributed by atoms with E-state index < -0.39 is 40.6 Å². The molecule has 0 aliphatic carbocycles. The predicted molar refractivity (Wildman–Crippen MR) is 53.9 cm³/mol. The molecule has 0 aliphatic heterocycles. The third-order valence-electron chi connectivity index (χ3n) is 1.85. The minimum atomic E-state index is -5.35. The van der Waals surface area contributed by atoms with Gasteiger partial charge in [-0.05, 0) is 11.6 Å². The fraction of sp³-hybridized carbons (Fsp3) is 0.333. The molecular formula is C9H4BrF6NO2. The van der Waals surface area contributed by atoms with Crippen LogP contribution in [0.3, 0.4) is 0 Å². The van der Waals surface area contributed by atoms with Crippen molar-refractivity contribution in [1.29, 1.82) is 0 Å². The maximum atomic E-state index is 12.7. The number of rotatable bonds is 3. The van der Waals surface area contributed by atoms with Gasteiger partial charge in [-0.15, -0.1) is 13.2 Å². The summed E-state index contributed by atoms with van der Waals surface area (Å²) in [5.41, 5.74) is -2.85. The Labute approximate surface area is 110 Å². The lowest BCUT2D eigenvalue weighted by molar-refractivity contribution is -0.277. The smallest absolute Gasteiger partial charge is 0.387 e. The zero-order valence-corrected chi connectivity index (χ0v) is 10.4. The molecule has 106 valence electrons. The van der Waals surface area contributed by atoms with E-state index in [-0.39, 0.29) is 6.29 Å². The van der Waals surface area contributed by atoms with Crippen LogP contribution in [0, 0.1) is 0 Å². The molecule has 1 heterocycles. The minimum absolute atomic E-state index is 0.0234. The van der Waals surface area contributed by atoms with Crippen molar-refractivity contribution in [1.82, 2.24) is 4.98 Å². The topological polar surface area (TPSA) is 39.2 Å². The normalized spacial score (nSPS) is 12.4. The number of hydrogen-bond acceptors (Lipinski definition) is 3. The Morgan fingerprint density at radius 1 is 1.26 bits per heavy atom. The van der Waals surface area contributed by atoms with Gasteiger partial charge in [0.25, 0.3) is 0 Å². The molecule has 3 nitrogen and oxygen atoms in total. The zero-order valence-electron chi connectivity index (χ0n) is 8.77. The van der Waals surface area contributed by atoms with E-state index in [4.69, 9.17) is 0 Å². The average Bonchev–Trinajstić information content (AvgIpc) is 2.23. The number of aldehydes is 1. The van der Waals surface area contributed by atoms with Crippen molar-refractivity contribution in [3.8, 4) is 5.88 Å². The number of carbonyl (C=O) groups excluding carboxylic acids is 1. The van der Waals surface area contributed by atoms with Crippen LogP contribution in [0.4, 0.5) is 26.3 Å². The lowest BCUT2D eigenvalue weighted by Crippen LogP contribution is -2.22. The number of pyridine rings is 1. The number of halogens is 7. The molecule has 1 aromatic heterocycles. The van der Waals surface area contributed by atoms with Gasteiger partial charge in [0.15, 0.2) is 6.29 Å². The zero-order chi connectivity index (χ0) is 14.8. The number of alkyl halides is 7. The Bertz CT molecular complexity index is 485. The van der Waals surface area contributed by atoms with Gasteiger partial charge in [0.1, 0.15) is 11.3 Å². The van der Waals surface area contributed by atoms with Gasteiger partial charge in [-0.2, -0.15) is 13.2 Å². The number of nitrogens with zero attached hydrogens (tertiary/aromatic N) is 1. The highest BCUT2D eigenvalue weighted by atomic mass is 79.9. The van der Waals surface area contributed by atoms with Gasteiger partial charge in [-0.25, -0.2) is 4.98 Å². The summed E-state index contributed by atoms with van der Waals surface area (Å²) in [7, 11) is 0. The van der Waals surface area contributed by atoms with Crippen LogP contribution in [0.1, 0.15) is 21.6 Å². The molecule has 0 saturated heterocycles. The van der Waals surface area contributed by atoms with E-state index in [1.165, 1.54) is 0 Å². The first-order valence-electron chi connectivity index (χ1n) is 4.46. The van der Waals surface area contributed by atoms with Gasteiger partial charge in [0, 0.05) is 5.33 Å². The van der Waals surface area contributed by atoms with Crippen LogP contribution in [-0.4, -0.2) is 17.6 Å². The molecule has 0 radical (unpaired) electrons. The molecule has 0 saturated carbocycles. The van der Waals surface area contributed by atoms with E-state index in [2.05, 4.69) is 25.7 Å². The molecule has 0 bridgehead atoms. The summed E-state index contributed by atoms with van der Waals surface area (Å²) in [5.74, 6) is -1.70. The lowest BCUT2D eigenvalue weighted by Gasteiger charge is -2.17. The number of hydrogen-bond donors (Lipinski definition) is 0. The second-order valence-corrected chi connectivity index (χ2v) is 3.74. The Hall–Kier alpha value is -1.32. The van der Waals surface area contributed by atoms with Crippen LogP contribution >= 0.6 is 15.9 Å². The highest BCUT2D eigenvalue weighted by molar-refractivity contribution is 9.08. The summed E-state index contributed by atoms with van der Waals surface area (Å²) in [6, 6.07) is 0.730. The molecule has 0 N–H and O–H groups in total. The minimum Gasteiger partial charge on any atom is -0.387 e. The molecule has 19 heavy (non-hydrogen) atoms. The van der Waals surface area contributed by atoms with Gasteiger partial charge in [-0.3, -0.25) is 4.79 Å². The summed E-state index contributed by atoms with van der Waals surface area (Å²) in [4.78, 5) is 13.4. The fourth-order valence-corrected chi connectivity index (χ4v) is 1.69. The Morgan fingerprint density at radius 3 is 2.21 bits per heavy atom. The average molecular weight is 352 g/mol. The maximum Gasteiger partial charge on any atom is 0.574 e. The van der Waals surface area contributed by atoms with Crippen LogP contribution in [0.2, 0.25) is 0 Å². The van der Waals surface area contributed by atoms with Gasteiger partial charge < -0.3 is 4.74 Å². The Kier molecular flexibility index (Phi) is 4.43. The third kappa shape index (κ3) is 4.08. The highest BCUT2D eigenvalue weighted by Gasteiger charge is 2.42. The van der Waals surface area contributed by atoms with Crippen molar-refractivity contribution in [2.45, 2.75) is 17.9 Å². The first kappa shape index (κ1) is 15.7. The Balaban J connectivity index is 3.51. The first-order valence-corrected chi connectivity index (χ1v) is 5.58. The molecule has 1 rings (SSSR count). The number of ether oxygens (including phenoxy) is 1. The second kappa shape index (κ2) is 5.35. The van der Waals surface area contributed by atoms with Crippen molar-refractivity contribution >= 4 is 22.2 Å². The summed E-state index contributed by atoms with van der Waals surface area (Å²) in [6.07, 6.45) is -10.4. The van der Waals surface area contributed by atoms with Crippen molar-refractivity contribution in [2.24, 2.45) is 0 Å².